The normalized spacial score (nSPS) is 12.3. The summed E-state index contributed by atoms with van der Waals surface area (Å²) in [5, 5.41) is 0.380. The topological polar surface area (TPSA) is 26.0 Å². The highest BCUT2D eigenvalue weighted by molar-refractivity contribution is 7.98. The minimum absolute atomic E-state index is 0.380. The van der Waals surface area contributed by atoms with E-state index in [2.05, 4.69) is 55.5 Å². The van der Waals surface area contributed by atoms with Gasteiger partial charge in [0.05, 0.1) is 0 Å². The fourth-order valence-electron chi connectivity index (χ4n) is 1.93. The number of nitrogens with two attached hydrogens (primary N) is 1. The molecule has 0 fully saturated rings. The van der Waals surface area contributed by atoms with Crippen LogP contribution in [0.2, 0.25) is 0 Å². The Balaban J connectivity index is 2.02. The van der Waals surface area contributed by atoms with Crippen LogP contribution in [0.5, 0.6) is 0 Å². The molecular formula is C16H19NS. The first-order valence-corrected chi connectivity index (χ1v) is 7.27. The lowest BCUT2D eigenvalue weighted by Crippen LogP contribution is -2.09. The molecule has 0 aliphatic rings. The van der Waals surface area contributed by atoms with E-state index in [1.165, 1.54) is 16.7 Å². The number of thioether (sulfide) groups is 1. The second-order valence-electron chi connectivity index (χ2n) is 4.37. The van der Waals surface area contributed by atoms with Crippen LogP contribution in [0.4, 0.5) is 0 Å². The fourth-order valence-corrected chi connectivity index (χ4v) is 3.12. The minimum Gasteiger partial charge on any atom is -0.329 e. The minimum atomic E-state index is 0.380. The van der Waals surface area contributed by atoms with Gasteiger partial charge in [-0.15, -0.1) is 11.8 Å². The van der Waals surface area contributed by atoms with Gasteiger partial charge in [0.25, 0.3) is 0 Å². The Morgan fingerprint density at radius 1 is 1.00 bits per heavy atom. The summed E-state index contributed by atoms with van der Waals surface area (Å²) < 4.78 is 0. The first-order chi connectivity index (χ1) is 8.81. The molecule has 94 valence electrons. The van der Waals surface area contributed by atoms with Gasteiger partial charge in [0.15, 0.2) is 0 Å². The zero-order valence-corrected chi connectivity index (χ0v) is 11.5. The van der Waals surface area contributed by atoms with Gasteiger partial charge in [0.2, 0.25) is 0 Å². The summed E-state index contributed by atoms with van der Waals surface area (Å²) in [6.07, 6.45) is 0. The number of benzene rings is 2. The van der Waals surface area contributed by atoms with Crippen molar-refractivity contribution in [1.29, 1.82) is 0 Å². The molecule has 2 heteroatoms. The van der Waals surface area contributed by atoms with Crippen molar-refractivity contribution in [3.8, 4) is 0 Å². The summed E-state index contributed by atoms with van der Waals surface area (Å²) in [5.41, 5.74) is 9.96. The molecule has 2 N–H and O–H groups in total. The van der Waals surface area contributed by atoms with Gasteiger partial charge in [-0.05, 0) is 23.6 Å². The van der Waals surface area contributed by atoms with Crippen LogP contribution < -0.4 is 5.73 Å². The largest absolute Gasteiger partial charge is 0.329 e. The molecule has 1 nitrogen and oxygen atoms in total. The highest BCUT2D eigenvalue weighted by Gasteiger charge is 2.10. The molecule has 0 amide bonds. The molecule has 2 rings (SSSR count). The quantitative estimate of drug-likeness (QED) is 0.878. The van der Waals surface area contributed by atoms with E-state index in [4.69, 9.17) is 5.73 Å². The Morgan fingerprint density at radius 2 is 1.67 bits per heavy atom. The molecule has 2 aromatic rings. The Kier molecular flexibility index (Phi) is 4.85. The molecule has 0 spiro atoms. The number of hydrogen-bond acceptors (Lipinski definition) is 2. The van der Waals surface area contributed by atoms with Crippen LogP contribution in [0.25, 0.3) is 0 Å². The average Bonchev–Trinajstić information content (AvgIpc) is 2.42. The molecule has 18 heavy (non-hydrogen) atoms. The van der Waals surface area contributed by atoms with Crippen molar-refractivity contribution in [2.75, 3.05) is 6.54 Å². The van der Waals surface area contributed by atoms with Gasteiger partial charge in [0, 0.05) is 17.5 Å². The zero-order chi connectivity index (χ0) is 12.8. The highest BCUT2D eigenvalue weighted by Crippen LogP contribution is 2.31. The van der Waals surface area contributed by atoms with Crippen molar-refractivity contribution in [2.45, 2.75) is 17.9 Å². The van der Waals surface area contributed by atoms with Crippen molar-refractivity contribution >= 4 is 11.8 Å². The van der Waals surface area contributed by atoms with Gasteiger partial charge in [0.1, 0.15) is 0 Å². The maximum atomic E-state index is 5.89. The van der Waals surface area contributed by atoms with Gasteiger partial charge >= 0.3 is 0 Å². The van der Waals surface area contributed by atoms with E-state index in [0.717, 1.165) is 5.75 Å². The average molecular weight is 257 g/mol. The van der Waals surface area contributed by atoms with E-state index in [0.29, 0.717) is 11.8 Å². The predicted molar refractivity (Wildman–Crippen MR) is 80.7 cm³/mol. The molecule has 1 unspecified atom stereocenters. The lowest BCUT2D eigenvalue weighted by molar-refractivity contribution is 0.940. The molecule has 0 radical (unpaired) electrons. The summed E-state index contributed by atoms with van der Waals surface area (Å²) in [5.74, 6) is 1.02. The third-order valence-corrected chi connectivity index (χ3v) is 4.43. The van der Waals surface area contributed by atoms with Gasteiger partial charge in [-0.2, -0.15) is 0 Å². The van der Waals surface area contributed by atoms with Crippen LogP contribution in [0.15, 0.2) is 54.6 Å². The molecular weight excluding hydrogens is 238 g/mol. The summed E-state index contributed by atoms with van der Waals surface area (Å²) in [7, 11) is 0. The Labute approximate surface area is 113 Å². The van der Waals surface area contributed by atoms with Crippen molar-refractivity contribution in [3.05, 3.63) is 71.3 Å². The third-order valence-electron chi connectivity index (χ3n) is 3.09. The molecule has 2 aromatic carbocycles. The Bertz CT molecular complexity index is 481. The van der Waals surface area contributed by atoms with Crippen LogP contribution in [-0.2, 0) is 5.75 Å². The summed E-state index contributed by atoms with van der Waals surface area (Å²) in [6.45, 7) is 2.84. The van der Waals surface area contributed by atoms with Crippen molar-refractivity contribution < 1.29 is 0 Å². The first-order valence-electron chi connectivity index (χ1n) is 6.22. The number of rotatable bonds is 5. The molecule has 0 aliphatic carbocycles. The lowest BCUT2D eigenvalue weighted by atomic mass is 10.1. The van der Waals surface area contributed by atoms with E-state index in [1.54, 1.807) is 0 Å². The monoisotopic (exact) mass is 257 g/mol. The molecule has 0 saturated heterocycles. The first kappa shape index (κ1) is 13.2. The van der Waals surface area contributed by atoms with Crippen LogP contribution in [-0.4, -0.2) is 6.54 Å². The molecule has 0 heterocycles. The van der Waals surface area contributed by atoms with E-state index >= 15 is 0 Å². The fraction of sp³-hybridized carbons (Fsp3) is 0.250. The summed E-state index contributed by atoms with van der Waals surface area (Å²) >= 11 is 1.92. The zero-order valence-electron chi connectivity index (χ0n) is 10.7. The summed E-state index contributed by atoms with van der Waals surface area (Å²) in [4.78, 5) is 0. The van der Waals surface area contributed by atoms with E-state index < -0.39 is 0 Å². The maximum Gasteiger partial charge on any atom is 0.0422 e. The maximum absolute atomic E-state index is 5.89. The van der Waals surface area contributed by atoms with Gasteiger partial charge < -0.3 is 5.73 Å². The van der Waals surface area contributed by atoms with E-state index in [9.17, 15) is 0 Å². The van der Waals surface area contributed by atoms with Crippen LogP contribution in [0.3, 0.4) is 0 Å². The lowest BCUT2D eigenvalue weighted by Gasteiger charge is -2.15. The second kappa shape index (κ2) is 6.62. The van der Waals surface area contributed by atoms with Crippen LogP contribution >= 0.6 is 11.8 Å². The molecule has 0 aromatic heterocycles. The van der Waals surface area contributed by atoms with Crippen molar-refractivity contribution in [2.24, 2.45) is 5.73 Å². The van der Waals surface area contributed by atoms with E-state index in [-0.39, 0.29) is 0 Å². The molecule has 0 aliphatic heterocycles. The van der Waals surface area contributed by atoms with Crippen LogP contribution in [0.1, 0.15) is 21.9 Å². The van der Waals surface area contributed by atoms with Crippen LogP contribution in [0, 0.1) is 6.92 Å². The molecule has 0 saturated carbocycles. The van der Waals surface area contributed by atoms with Gasteiger partial charge in [-0.25, -0.2) is 0 Å². The Morgan fingerprint density at radius 3 is 2.33 bits per heavy atom. The number of hydrogen-bond donors (Lipinski definition) is 1. The van der Waals surface area contributed by atoms with E-state index in [1.807, 2.05) is 17.8 Å². The molecule has 0 bridgehead atoms. The Hall–Kier alpha value is -1.25. The smallest absolute Gasteiger partial charge is 0.0422 e. The highest BCUT2D eigenvalue weighted by atomic mass is 32.2. The second-order valence-corrected chi connectivity index (χ2v) is 5.56. The third kappa shape index (κ3) is 3.37. The SMILES string of the molecule is Cc1ccccc1CSC(CN)c1ccccc1. The predicted octanol–water partition coefficient (Wildman–Crippen LogP) is 3.93. The van der Waals surface area contributed by atoms with Gasteiger partial charge in [-0.1, -0.05) is 54.6 Å². The van der Waals surface area contributed by atoms with Crippen molar-refractivity contribution in [3.63, 3.8) is 0 Å². The summed E-state index contributed by atoms with van der Waals surface area (Å²) in [6, 6.07) is 19.0. The van der Waals surface area contributed by atoms with Gasteiger partial charge in [-0.3, -0.25) is 0 Å². The molecule has 1 atom stereocenters. The standard InChI is InChI=1S/C16H19NS/c1-13-7-5-6-10-15(13)12-18-16(11-17)14-8-3-2-4-9-14/h2-10,16H,11-12,17H2,1H3. The van der Waals surface area contributed by atoms with Crippen molar-refractivity contribution in [1.82, 2.24) is 0 Å². The number of aryl methyl sites for hydroxylation is 1.